The Morgan fingerprint density at radius 3 is 1.86 bits per heavy atom. The van der Waals surface area contributed by atoms with E-state index in [1.165, 1.54) is 0 Å². The maximum absolute atomic E-state index is 12.1. The molecule has 0 aromatic heterocycles. The predicted octanol–water partition coefficient (Wildman–Crippen LogP) is 3.70. The summed E-state index contributed by atoms with van der Waals surface area (Å²) in [4.78, 5) is 24.1. The Hall–Kier alpha value is -1.84. The quantitative estimate of drug-likeness (QED) is 0.719. The van der Waals surface area contributed by atoms with Crippen molar-refractivity contribution in [1.29, 1.82) is 0 Å². The van der Waals surface area contributed by atoms with E-state index < -0.39 is 11.9 Å². The van der Waals surface area contributed by atoms with E-state index in [9.17, 15) is 9.59 Å². The fourth-order valence-electron chi connectivity index (χ4n) is 1.57. The van der Waals surface area contributed by atoms with Crippen molar-refractivity contribution >= 4 is 11.9 Å². The normalized spacial score (nSPS) is 12.0. The third-order valence-electron chi connectivity index (χ3n) is 3.11. The summed E-state index contributed by atoms with van der Waals surface area (Å²) in [5, 5.41) is 0. The molecule has 1 aromatic carbocycles. The summed E-state index contributed by atoms with van der Waals surface area (Å²) in [7, 11) is 0. The molecule has 21 heavy (non-hydrogen) atoms. The fraction of sp³-hybridized carbons (Fsp3) is 0.529. The van der Waals surface area contributed by atoms with Crippen molar-refractivity contribution in [2.45, 2.75) is 34.1 Å². The summed E-state index contributed by atoms with van der Waals surface area (Å²) in [5.41, 5.74) is 0.516. The van der Waals surface area contributed by atoms with Crippen LogP contribution in [0.5, 0.6) is 0 Å². The monoisotopic (exact) mass is 292 g/mol. The van der Waals surface area contributed by atoms with Crippen molar-refractivity contribution in [2.75, 3.05) is 13.2 Å². The summed E-state index contributed by atoms with van der Waals surface area (Å²) < 4.78 is 10.4. The molecule has 0 fully saturated rings. The minimum Gasteiger partial charge on any atom is -0.462 e. The molecular weight excluding hydrogens is 268 g/mol. The van der Waals surface area contributed by atoms with Crippen LogP contribution in [-0.2, 0) is 9.47 Å². The van der Waals surface area contributed by atoms with Crippen molar-refractivity contribution in [3.8, 4) is 0 Å². The number of esters is 2. The van der Waals surface area contributed by atoms with Gasteiger partial charge in [0.25, 0.3) is 0 Å². The second-order valence-corrected chi connectivity index (χ2v) is 5.65. The molecule has 1 aromatic rings. The molecule has 0 saturated carbocycles. The van der Waals surface area contributed by atoms with Crippen molar-refractivity contribution in [1.82, 2.24) is 0 Å². The van der Waals surface area contributed by atoms with Gasteiger partial charge in [0, 0.05) is 0 Å². The molecule has 0 N–H and O–H groups in total. The zero-order valence-corrected chi connectivity index (χ0v) is 13.2. The lowest BCUT2D eigenvalue weighted by molar-refractivity contribution is 0.0406. The highest BCUT2D eigenvalue weighted by Gasteiger charge is 2.19. The summed E-state index contributed by atoms with van der Waals surface area (Å²) in [6.45, 7) is 8.64. The van der Waals surface area contributed by atoms with Crippen LogP contribution >= 0.6 is 0 Å². The number of ether oxygens (including phenoxy) is 2. The first-order valence-corrected chi connectivity index (χ1v) is 7.39. The van der Waals surface area contributed by atoms with Crippen LogP contribution in [0.15, 0.2) is 24.3 Å². The van der Waals surface area contributed by atoms with E-state index in [-0.39, 0.29) is 17.0 Å². The lowest BCUT2D eigenvalue weighted by atomic mass is 10.1. The first-order chi connectivity index (χ1) is 9.95. The standard InChI is InChI=1S/C17H24O4/c1-5-13(4)11-21-17(19)15-9-7-6-8-14(15)16(18)20-10-12(2)3/h6-9,12-13H,5,10-11H2,1-4H3. The lowest BCUT2D eigenvalue weighted by Gasteiger charge is -2.12. The van der Waals surface area contributed by atoms with Crippen LogP contribution in [0.2, 0.25) is 0 Å². The van der Waals surface area contributed by atoms with Crippen molar-refractivity contribution in [3.05, 3.63) is 35.4 Å². The van der Waals surface area contributed by atoms with E-state index in [0.29, 0.717) is 19.1 Å². The molecule has 1 rings (SSSR count). The molecule has 0 aliphatic carbocycles. The third kappa shape index (κ3) is 5.58. The first kappa shape index (κ1) is 17.2. The van der Waals surface area contributed by atoms with E-state index in [0.717, 1.165) is 6.42 Å². The maximum Gasteiger partial charge on any atom is 0.339 e. The Kier molecular flexibility index (Phi) is 6.92. The lowest BCUT2D eigenvalue weighted by Crippen LogP contribution is -2.17. The number of carbonyl (C=O) groups excluding carboxylic acids is 2. The minimum absolute atomic E-state index is 0.249. The number of benzene rings is 1. The molecular formula is C17H24O4. The average Bonchev–Trinajstić information content (AvgIpc) is 2.49. The van der Waals surface area contributed by atoms with E-state index in [4.69, 9.17) is 9.47 Å². The highest BCUT2D eigenvalue weighted by molar-refractivity contribution is 6.03. The van der Waals surface area contributed by atoms with Gasteiger partial charge in [-0.2, -0.15) is 0 Å². The van der Waals surface area contributed by atoms with Gasteiger partial charge in [0.2, 0.25) is 0 Å². The minimum atomic E-state index is -0.486. The number of carbonyl (C=O) groups is 2. The van der Waals surface area contributed by atoms with Gasteiger partial charge in [0.05, 0.1) is 24.3 Å². The molecule has 0 aliphatic rings. The zero-order valence-electron chi connectivity index (χ0n) is 13.2. The topological polar surface area (TPSA) is 52.6 Å². The van der Waals surface area contributed by atoms with Crippen LogP contribution in [-0.4, -0.2) is 25.2 Å². The van der Waals surface area contributed by atoms with Crippen LogP contribution in [0.3, 0.4) is 0 Å². The fourth-order valence-corrected chi connectivity index (χ4v) is 1.57. The van der Waals surface area contributed by atoms with Crippen molar-refractivity contribution in [2.24, 2.45) is 11.8 Å². The molecule has 0 bridgehead atoms. The van der Waals surface area contributed by atoms with Gasteiger partial charge in [0.1, 0.15) is 0 Å². The Balaban J connectivity index is 2.78. The Morgan fingerprint density at radius 1 is 0.952 bits per heavy atom. The molecule has 0 radical (unpaired) electrons. The summed E-state index contributed by atoms with van der Waals surface area (Å²) in [6.07, 6.45) is 0.936. The van der Waals surface area contributed by atoms with Gasteiger partial charge >= 0.3 is 11.9 Å². The summed E-state index contributed by atoms with van der Waals surface area (Å²) >= 11 is 0. The molecule has 0 spiro atoms. The van der Waals surface area contributed by atoms with Crippen LogP contribution in [0, 0.1) is 11.8 Å². The molecule has 0 amide bonds. The van der Waals surface area contributed by atoms with Gasteiger partial charge in [0.15, 0.2) is 0 Å². The van der Waals surface area contributed by atoms with Crippen molar-refractivity contribution < 1.29 is 19.1 Å². The van der Waals surface area contributed by atoms with Gasteiger partial charge in [-0.1, -0.05) is 46.2 Å². The van der Waals surface area contributed by atoms with E-state index >= 15 is 0 Å². The number of hydrogen-bond donors (Lipinski definition) is 0. The third-order valence-corrected chi connectivity index (χ3v) is 3.11. The Bertz CT molecular complexity index is 479. The maximum atomic E-state index is 12.1. The number of hydrogen-bond acceptors (Lipinski definition) is 4. The molecule has 1 atom stereocenters. The Labute approximate surface area is 126 Å². The van der Waals surface area contributed by atoms with Crippen LogP contribution in [0.25, 0.3) is 0 Å². The van der Waals surface area contributed by atoms with Gasteiger partial charge < -0.3 is 9.47 Å². The molecule has 1 unspecified atom stereocenters. The van der Waals surface area contributed by atoms with Gasteiger partial charge in [-0.3, -0.25) is 0 Å². The van der Waals surface area contributed by atoms with Gasteiger partial charge in [-0.15, -0.1) is 0 Å². The smallest absolute Gasteiger partial charge is 0.339 e. The van der Waals surface area contributed by atoms with Crippen molar-refractivity contribution in [3.63, 3.8) is 0 Å². The first-order valence-electron chi connectivity index (χ1n) is 7.39. The zero-order chi connectivity index (χ0) is 15.8. The van der Waals surface area contributed by atoms with Crippen LogP contribution in [0.1, 0.15) is 54.8 Å². The van der Waals surface area contributed by atoms with Crippen LogP contribution < -0.4 is 0 Å². The number of rotatable bonds is 7. The highest BCUT2D eigenvalue weighted by Crippen LogP contribution is 2.13. The molecule has 0 saturated heterocycles. The molecule has 4 nitrogen and oxygen atoms in total. The predicted molar refractivity (Wildman–Crippen MR) is 81.3 cm³/mol. The molecule has 4 heteroatoms. The molecule has 0 heterocycles. The molecule has 0 aliphatic heterocycles. The van der Waals surface area contributed by atoms with E-state index in [1.54, 1.807) is 24.3 Å². The second kappa shape index (κ2) is 8.45. The second-order valence-electron chi connectivity index (χ2n) is 5.65. The molecule has 116 valence electrons. The average molecular weight is 292 g/mol. The van der Waals surface area contributed by atoms with E-state index in [2.05, 4.69) is 0 Å². The largest absolute Gasteiger partial charge is 0.462 e. The van der Waals surface area contributed by atoms with E-state index in [1.807, 2.05) is 27.7 Å². The van der Waals surface area contributed by atoms with Gasteiger partial charge in [-0.25, -0.2) is 9.59 Å². The van der Waals surface area contributed by atoms with Gasteiger partial charge in [-0.05, 0) is 24.0 Å². The Morgan fingerprint density at radius 2 is 1.43 bits per heavy atom. The summed E-state index contributed by atoms with van der Waals surface area (Å²) in [5.74, 6) is -0.417. The summed E-state index contributed by atoms with van der Waals surface area (Å²) in [6, 6.07) is 6.59. The highest BCUT2D eigenvalue weighted by atomic mass is 16.5. The van der Waals surface area contributed by atoms with Crippen LogP contribution in [0.4, 0.5) is 0 Å². The SMILES string of the molecule is CCC(C)COC(=O)c1ccccc1C(=O)OCC(C)C.